The molecule has 1 aliphatic rings. The smallest absolute Gasteiger partial charge is 0.243 e. The lowest BCUT2D eigenvalue weighted by molar-refractivity contribution is -0.126. The Morgan fingerprint density at radius 3 is 2.34 bits per heavy atom. The Hall–Kier alpha value is -1.92. The average Bonchev–Trinajstić information content (AvgIpc) is 2.72. The molecule has 3 rings (SSSR count). The first-order valence-electron chi connectivity index (χ1n) is 10.6. The fourth-order valence-corrected chi connectivity index (χ4v) is 5.36. The quantitative estimate of drug-likeness (QED) is 0.736. The van der Waals surface area contributed by atoms with Crippen molar-refractivity contribution in [2.45, 2.75) is 57.4 Å². The van der Waals surface area contributed by atoms with Crippen molar-refractivity contribution >= 4 is 26.7 Å². The van der Waals surface area contributed by atoms with Crippen LogP contribution in [-0.4, -0.2) is 37.8 Å². The molecule has 5 nitrogen and oxygen atoms in total. The lowest BCUT2D eigenvalue weighted by Crippen LogP contribution is -2.44. The molecule has 0 radical (unpaired) electrons. The van der Waals surface area contributed by atoms with Gasteiger partial charge in [-0.25, -0.2) is 8.42 Å². The summed E-state index contributed by atoms with van der Waals surface area (Å²) in [6, 6.07) is 13.2. The van der Waals surface area contributed by atoms with E-state index in [1.807, 2.05) is 37.3 Å². The van der Waals surface area contributed by atoms with Gasteiger partial charge in [-0.1, -0.05) is 44.2 Å². The second-order valence-electron chi connectivity index (χ2n) is 8.57. The van der Waals surface area contributed by atoms with E-state index in [1.54, 1.807) is 12.1 Å². The zero-order valence-electron chi connectivity index (χ0n) is 17.6. The molecule has 1 saturated heterocycles. The number of carbonyl (C=O) groups is 1. The second-order valence-corrected chi connectivity index (χ2v) is 10.5. The summed E-state index contributed by atoms with van der Waals surface area (Å²) in [5.74, 6) is 0.571. The highest BCUT2D eigenvalue weighted by Gasteiger charge is 2.32. The van der Waals surface area contributed by atoms with E-state index in [9.17, 15) is 13.2 Å². The molecule has 2 aromatic carbocycles. The second kappa shape index (κ2) is 9.26. The van der Waals surface area contributed by atoms with E-state index in [0.717, 1.165) is 23.6 Å². The van der Waals surface area contributed by atoms with Gasteiger partial charge in [0.05, 0.1) is 4.90 Å². The van der Waals surface area contributed by atoms with E-state index in [2.05, 4.69) is 19.2 Å². The lowest BCUT2D eigenvalue weighted by atomic mass is 9.96. The Balaban J connectivity index is 1.59. The summed E-state index contributed by atoms with van der Waals surface area (Å²) in [6.45, 7) is 7.17. The van der Waals surface area contributed by atoms with Crippen molar-refractivity contribution in [3.63, 3.8) is 0 Å². The fourth-order valence-electron chi connectivity index (χ4n) is 3.85. The third kappa shape index (κ3) is 5.37. The van der Waals surface area contributed by atoms with Crippen molar-refractivity contribution in [1.29, 1.82) is 0 Å². The van der Waals surface area contributed by atoms with Crippen LogP contribution in [0.1, 0.15) is 46.5 Å². The van der Waals surface area contributed by atoms with Crippen LogP contribution in [0.4, 0.5) is 0 Å². The third-order valence-electron chi connectivity index (χ3n) is 5.75. The number of nitrogens with zero attached hydrogens (tertiary/aromatic N) is 1. The zero-order chi connectivity index (χ0) is 21.0. The molecule has 2 aromatic rings. The molecule has 1 amide bonds. The minimum atomic E-state index is -3.54. The van der Waals surface area contributed by atoms with Crippen LogP contribution < -0.4 is 5.32 Å². The van der Waals surface area contributed by atoms with E-state index in [0.29, 0.717) is 36.7 Å². The number of hydrogen-bond acceptors (Lipinski definition) is 3. The van der Waals surface area contributed by atoms with Gasteiger partial charge in [0, 0.05) is 25.0 Å². The van der Waals surface area contributed by atoms with Gasteiger partial charge < -0.3 is 5.32 Å². The minimum Gasteiger partial charge on any atom is -0.353 e. The Bertz CT molecular complexity index is 948. The number of fused-ring (bicyclic) bond motifs is 1. The van der Waals surface area contributed by atoms with Gasteiger partial charge in [0.25, 0.3) is 0 Å². The van der Waals surface area contributed by atoms with Crippen molar-refractivity contribution in [2.24, 2.45) is 11.8 Å². The molecule has 1 atom stereocenters. The van der Waals surface area contributed by atoms with E-state index in [4.69, 9.17) is 0 Å². The number of carbonyl (C=O) groups excluding carboxylic acids is 1. The SMILES string of the molecule is CC(C)CCC(C)NC(=O)C1CCN(S(=O)(=O)c2ccc3ccccc3c2)CC1. The van der Waals surface area contributed by atoms with Crippen molar-refractivity contribution < 1.29 is 13.2 Å². The van der Waals surface area contributed by atoms with Crippen LogP contribution in [0, 0.1) is 11.8 Å². The number of nitrogens with one attached hydrogen (secondary N) is 1. The zero-order valence-corrected chi connectivity index (χ0v) is 18.4. The molecule has 29 heavy (non-hydrogen) atoms. The first-order chi connectivity index (χ1) is 13.8. The van der Waals surface area contributed by atoms with Gasteiger partial charge in [0.15, 0.2) is 0 Å². The Labute approximate surface area is 174 Å². The van der Waals surface area contributed by atoms with Crippen LogP contribution in [0.25, 0.3) is 10.8 Å². The van der Waals surface area contributed by atoms with E-state index < -0.39 is 10.0 Å². The lowest BCUT2D eigenvalue weighted by Gasteiger charge is -2.31. The van der Waals surface area contributed by atoms with Gasteiger partial charge in [-0.2, -0.15) is 4.31 Å². The van der Waals surface area contributed by atoms with Gasteiger partial charge in [0.1, 0.15) is 0 Å². The summed E-state index contributed by atoms with van der Waals surface area (Å²) in [7, 11) is -3.54. The summed E-state index contributed by atoms with van der Waals surface area (Å²) in [5, 5.41) is 5.04. The van der Waals surface area contributed by atoms with Gasteiger partial charge >= 0.3 is 0 Å². The minimum absolute atomic E-state index is 0.0593. The number of benzene rings is 2. The van der Waals surface area contributed by atoms with E-state index >= 15 is 0 Å². The van der Waals surface area contributed by atoms with Crippen LogP contribution in [0.5, 0.6) is 0 Å². The van der Waals surface area contributed by atoms with Gasteiger partial charge in [-0.3, -0.25) is 4.79 Å². The van der Waals surface area contributed by atoms with Gasteiger partial charge in [-0.05, 0) is 61.4 Å². The highest BCUT2D eigenvalue weighted by molar-refractivity contribution is 7.89. The maximum atomic E-state index is 13.1. The molecule has 0 bridgehead atoms. The number of piperidine rings is 1. The summed E-state index contributed by atoms with van der Waals surface area (Å²) >= 11 is 0. The largest absolute Gasteiger partial charge is 0.353 e. The van der Waals surface area contributed by atoms with Crippen LogP contribution >= 0.6 is 0 Å². The predicted molar refractivity (Wildman–Crippen MR) is 117 cm³/mol. The molecule has 1 heterocycles. The molecule has 1 aliphatic heterocycles. The molecule has 1 unspecified atom stereocenters. The maximum absolute atomic E-state index is 13.1. The average molecular weight is 417 g/mol. The van der Waals surface area contributed by atoms with Crippen LogP contribution in [0.15, 0.2) is 47.4 Å². The number of hydrogen-bond donors (Lipinski definition) is 1. The molecular formula is C23H32N2O3S. The predicted octanol–water partition coefficient (Wildman–Crippen LogP) is 4.18. The normalized spacial score (nSPS) is 17.5. The number of sulfonamides is 1. The topological polar surface area (TPSA) is 66.5 Å². The van der Waals surface area contributed by atoms with Gasteiger partial charge in [-0.15, -0.1) is 0 Å². The monoisotopic (exact) mass is 416 g/mol. The van der Waals surface area contributed by atoms with Crippen molar-refractivity contribution in [1.82, 2.24) is 9.62 Å². The Morgan fingerprint density at radius 1 is 1.03 bits per heavy atom. The summed E-state index contributed by atoms with van der Waals surface area (Å²) < 4.78 is 27.6. The Kier molecular flexibility index (Phi) is 6.96. The molecule has 6 heteroatoms. The van der Waals surface area contributed by atoms with Gasteiger partial charge in [0.2, 0.25) is 15.9 Å². The van der Waals surface area contributed by atoms with Crippen LogP contribution in [0.3, 0.4) is 0 Å². The molecule has 0 spiro atoms. The van der Waals surface area contributed by atoms with Crippen LogP contribution in [-0.2, 0) is 14.8 Å². The van der Waals surface area contributed by atoms with Crippen LogP contribution in [0.2, 0.25) is 0 Å². The number of rotatable bonds is 7. The molecule has 1 N–H and O–H groups in total. The standard InChI is InChI=1S/C23H32N2O3S/c1-17(2)8-9-18(3)24-23(26)20-12-14-25(15-13-20)29(27,28)22-11-10-19-6-4-5-7-21(19)16-22/h4-7,10-11,16-18,20H,8-9,12-15H2,1-3H3,(H,24,26). The first kappa shape index (κ1) is 21.8. The van der Waals surface area contributed by atoms with E-state index in [-0.39, 0.29) is 17.9 Å². The summed E-state index contributed by atoms with van der Waals surface area (Å²) in [5.41, 5.74) is 0. The summed E-state index contributed by atoms with van der Waals surface area (Å²) in [6.07, 6.45) is 3.19. The molecule has 0 aromatic heterocycles. The Morgan fingerprint density at radius 2 is 1.69 bits per heavy atom. The van der Waals surface area contributed by atoms with Crippen molar-refractivity contribution in [2.75, 3.05) is 13.1 Å². The highest BCUT2D eigenvalue weighted by atomic mass is 32.2. The fraction of sp³-hybridized carbons (Fsp3) is 0.522. The highest BCUT2D eigenvalue weighted by Crippen LogP contribution is 2.26. The molecule has 0 saturated carbocycles. The van der Waals surface area contributed by atoms with Crippen molar-refractivity contribution in [3.05, 3.63) is 42.5 Å². The molecular weight excluding hydrogens is 384 g/mol. The third-order valence-corrected chi connectivity index (χ3v) is 7.64. The van der Waals surface area contributed by atoms with Crippen molar-refractivity contribution in [3.8, 4) is 0 Å². The first-order valence-corrected chi connectivity index (χ1v) is 12.0. The maximum Gasteiger partial charge on any atom is 0.243 e. The molecule has 158 valence electrons. The number of amides is 1. The summed E-state index contributed by atoms with van der Waals surface area (Å²) in [4.78, 5) is 12.9. The molecule has 1 fully saturated rings. The van der Waals surface area contributed by atoms with E-state index in [1.165, 1.54) is 4.31 Å². The molecule has 0 aliphatic carbocycles.